The number of nitrogens with zero attached hydrogens (tertiary/aromatic N) is 1. The lowest BCUT2D eigenvalue weighted by atomic mass is 10.0. The van der Waals surface area contributed by atoms with Gasteiger partial charge in [0.15, 0.2) is 0 Å². The zero-order valence-electron chi connectivity index (χ0n) is 14.0. The number of urea groups is 1. The molecule has 0 aliphatic carbocycles. The number of hydrogen-bond acceptors (Lipinski definition) is 3. The van der Waals surface area contributed by atoms with E-state index in [0.29, 0.717) is 19.6 Å². The molecule has 0 aromatic heterocycles. The number of carbonyl (C=O) groups excluding carboxylic acids is 1. The molecule has 1 saturated heterocycles. The van der Waals surface area contributed by atoms with E-state index >= 15 is 0 Å². The van der Waals surface area contributed by atoms with Gasteiger partial charge in [-0.15, -0.1) is 0 Å². The number of benzene rings is 1. The highest BCUT2D eigenvalue weighted by Gasteiger charge is 2.25. The van der Waals surface area contributed by atoms with Crippen molar-refractivity contribution in [1.29, 1.82) is 0 Å². The van der Waals surface area contributed by atoms with Gasteiger partial charge in [-0.25, -0.2) is 4.79 Å². The van der Waals surface area contributed by atoms with E-state index in [-0.39, 0.29) is 18.7 Å². The van der Waals surface area contributed by atoms with E-state index in [9.17, 15) is 4.79 Å². The quantitative estimate of drug-likeness (QED) is 0.812. The Morgan fingerprint density at radius 1 is 1.43 bits per heavy atom. The second kappa shape index (κ2) is 9.40. The third-order valence-electron chi connectivity index (χ3n) is 4.25. The Hall–Kier alpha value is -1.75. The van der Waals surface area contributed by atoms with E-state index in [2.05, 4.69) is 5.32 Å². The standard InChI is InChI=1S/C18H28N2O3/c1-2-23-17-8-5-6-15(14-17)9-11-19-18(22)20-12-4-3-7-16(20)10-13-21/h5-6,8,14,16,21H,2-4,7,9-13H2,1H3,(H,19,22). The Kier molecular flexibility index (Phi) is 7.20. The molecule has 0 bridgehead atoms. The fraction of sp³-hybridized carbons (Fsp3) is 0.611. The molecule has 2 amide bonds. The predicted octanol–water partition coefficient (Wildman–Crippen LogP) is 2.57. The monoisotopic (exact) mass is 320 g/mol. The van der Waals surface area contributed by atoms with Crippen LogP contribution in [0.2, 0.25) is 0 Å². The van der Waals surface area contributed by atoms with E-state index in [0.717, 1.165) is 43.5 Å². The second-order valence-corrected chi connectivity index (χ2v) is 5.92. The Labute approximate surface area is 138 Å². The van der Waals surface area contributed by atoms with Gasteiger partial charge in [0.1, 0.15) is 5.75 Å². The van der Waals surface area contributed by atoms with Gasteiger partial charge in [-0.1, -0.05) is 12.1 Å². The molecule has 5 heteroatoms. The Bertz CT molecular complexity index is 491. The van der Waals surface area contributed by atoms with E-state index in [4.69, 9.17) is 9.84 Å². The van der Waals surface area contributed by atoms with Gasteiger partial charge in [-0.05, 0) is 56.7 Å². The van der Waals surface area contributed by atoms with E-state index in [1.165, 1.54) is 0 Å². The molecule has 1 aliphatic heterocycles. The normalized spacial score (nSPS) is 17.8. The fourth-order valence-corrected chi connectivity index (χ4v) is 3.09. The largest absolute Gasteiger partial charge is 0.494 e. The summed E-state index contributed by atoms with van der Waals surface area (Å²) in [6, 6.07) is 8.15. The molecule has 0 saturated carbocycles. The topological polar surface area (TPSA) is 61.8 Å². The number of piperidine rings is 1. The Balaban J connectivity index is 1.80. The highest BCUT2D eigenvalue weighted by Crippen LogP contribution is 2.19. The maximum absolute atomic E-state index is 12.4. The fourth-order valence-electron chi connectivity index (χ4n) is 3.09. The summed E-state index contributed by atoms with van der Waals surface area (Å²) in [6.45, 7) is 4.15. The number of amides is 2. The highest BCUT2D eigenvalue weighted by molar-refractivity contribution is 5.74. The lowest BCUT2D eigenvalue weighted by molar-refractivity contribution is 0.132. The Morgan fingerprint density at radius 2 is 2.30 bits per heavy atom. The molecule has 1 fully saturated rings. The minimum absolute atomic E-state index is 0.0101. The molecule has 5 nitrogen and oxygen atoms in total. The lowest BCUT2D eigenvalue weighted by Crippen LogP contribution is -2.49. The molecule has 1 aliphatic rings. The Morgan fingerprint density at radius 3 is 3.09 bits per heavy atom. The molecule has 0 spiro atoms. The molecule has 0 radical (unpaired) electrons. The molecule has 23 heavy (non-hydrogen) atoms. The van der Waals surface area contributed by atoms with Gasteiger partial charge in [-0.2, -0.15) is 0 Å². The van der Waals surface area contributed by atoms with Gasteiger partial charge in [0, 0.05) is 25.7 Å². The number of rotatable bonds is 7. The van der Waals surface area contributed by atoms with Crippen LogP contribution in [0.4, 0.5) is 4.79 Å². The number of hydrogen-bond donors (Lipinski definition) is 2. The molecular formula is C18H28N2O3. The first-order valence-corrected chi connectivity index (χ1v) is 8.61. The summed E-state index contributed by atoms with van der Waals surface area (Å²) in [5, 5.41) is 12.1. The number of ether oxygens (including phenoxy) is 1. The van der Waals surface area contributed by atoms with Crippen LogP contribution in [0.5, 0.6) is 5.75 Å². The van der Waals surface area contributed by atoms with Crippen molar-refractivity contribution in [3.63, 3.8) is 0 Å². The van der Waals surface area contributed by atoms with Crippen molar-refractivity contribution in [2.45, 2.75) is 45.1 Å². The minimum Gasteiger partial charge on any atom is -0.494 e. The number of carbonyl (C=O) groups is 1. The predicted molar refractivity (Wildman–Crippen MR) is 90.8 cm³/mol. The highest BCUT2D eigenvalue weighted by atomic mass is 16.5. The number of aliphatic hydroxyl groups excluding tert-OH is 1. The number of likely N-dealkylation sites (tertiary alicyclic amines) is 1. The average Bonchev–Trinajstić information content (AvgIpc) is 2.56. The molecular weight excluding hydrogens is 292 g/mol. The SMILES string of the molecule is CCOc1cccc(CCNC(=O)N2CCCCC2CCO)c1. The van der Waals surface area contributed by atoms with Crippen LogP contribution in [-0.2, 0) is 6.42 Å². The lowest BCUT2D eigenvalue weighted by Gasteiger charge is -2.35. The third-order valence-corrected chi connectivity index (χ3v) is 4.25. The van der Waals surface area contributed by atoms with Crippen LogP contribution >= 0.6 is 0 Å². The van der Waals surface area contributed by atoms with Crippen molar-refractivity contribution in [1.82, 2.24) is 10.2 Å². The molecule has 2 N–H and O–H groups in total. The van der Waals surface area contributed by atoms with Crippen molar-refractivity contribution < 1.29 is 14.6 Å². The van der Waals surface area contributed by atoms with Gasteiger partial charge in [-0.3, -0.25) is 0 Å². The molecule has 1 atom stereocenters. The smallest absolute Gasteiger partial charge is 0.317 e. The summed E-state index contributed by atoms with van der Waals surface area (Å²) in [4.78, 5) is 14.2. The maximum atomic E-state index is 12.4. The first kappa shape index (κ1) is 17.6. The molecule has 1 heterocycles. The van der Waals surface area contributed by atoms with Crippen molar-refractivity contribution in [3.8, 4) is 5.75 Å². The average molecular weight is 320 g/mol. The summed E-state index contributed by atoms with van der Waals surface area (Å²) in [7, 11) is 0. The minimum atomic E-state index is -0.0101. The van der Waals surface area contributed by atoms with Gasteiger partial charge in [0.25, 0.3) is 0 Å². The van der Waals surface area contributed by atoms with Gasteiger partial charge >= 0.3 is 6.03 Å². The van der Waals surface area contributed by atoms with Crippen LogP contribution in [0, 0.1) is 0 Å². The zero-order valence-corrected chi connectivity index (χ0v) is 14.0. The van der Waals surface area contributed by atoms with Crippen LogP contribution in [-0.4, -0.2) is 48.4 Å². The van der Waals surface area contributed by atoms with E-state index < -0.39 is 0 Å². The van der Waals surface area contributed by atoms with Gasteiger partial charge < -0.3 is 20.1 Å². The summed E-state index contributed by atoms with van der Waals surface area (Å²) in [6.07, 6.45) is 4.63. The summed E-state index contributed by atoms with van der Waals surface area (Å²) in [5.41, 5.74) is 1.15. The summed E-state index contributed by atoms with van der Waals surface area (Å²) >= 11 is 0. The van der Waals surface area contributed by atoms with Crippen LogP contribution in [0.3, 0.4) is 0 Å². The van der Waals surface area contributed by atoms with Crippen molar-refractivity contribution in [2.75, 3.05) is 26.3 Å². The van der Waals surface area contributed by atoms with Crippen molar-refractivity contribution >= 4 is 6.03 Å². The summed E-state index contributed by atoms with van der Waals surface area (Å²) in [5.74, 6) is 0.871. The van der Waals surface area contributed by atoms with Gasteiger partial charge in [0.2, 0.25) is 0 Å². The van der Waals surface area contributed by atoms with Crippen molar-refractivity contribution in [2.24, 2.45) is 0 Å². The molecule has 1 aromatic carbocycles. The van der Waals surface area contributed by atoms with Crippen LogP contribution in [0.1, 0.15) is 38.2 Å². The first-order valence-electron chi connectivity index (χ1n) is 8.61. The maximum Gasteiger partial charge on any atom is 0.317 e. The molecule has 2 rings (SSSR count). The van der Waals surface area contributed by atoms with Crippen LogP contribution < -0.4 is 10.1 Å². The first-order chi connectivity index (χ1) is 11.2. The van der Waals surface area contributed by atoms with E-state index in [1.807, 2.05) is 36.1 Å². The van der Waals surface area contributed by atoms with Crippen LogP contribution in [0.25, 0.3) is 0 Å². The molecule has 1 aromatic rings. The molecule has 128 valence electrons. The van der Waals surface area contributed by atoms with Gasteiger partial charge in [0.05, 0.1) is 6.61 Å². The van der Waals surface area contributed by atoms with E-state index in [1.54, 1.807) is 0 Å². The van der Waals surface area contributed by atoms with Crippen LogP contribution in [0.15, 0.2) is 24.3 Å². The van der Waals surface area contributed by atoms with Crippen molar-refractivity contribution in [3.05, 3.63) is 29.8 Å². The third kappa shape index (κ3) is 5.43. The number of aliphatic hydroxyl groups is 1. The zero-order chi connectivity index (χ0) is 16.5. The molecule has 1 unspecified atom stereocenters. The number of nitrogens with one attached hydrogen (secondary N) is 1. The second-order valence-electron chi connectivity index (χ2n) is 5.92. The summed E-state index contributed by atoms with van der Waals surface area (Å²) < 4.78 is 5.49.